The molecule has 1 aromatic rings. The summed E-state index contributed by atoms with van der Waals surface area (Å²) in [6.45, 7) is 3.53. The van der Waals surface area contributed by atoms with Crippen LogP contribution in [0.5, 0.6) is 5.75 Å². The van der Waals surface area contributed by atoms with Crippen molar-refractivity contribution in [3.8, 4) is 5.75 Å². The van der Waals surface area contributed by atoms with Gasteiger partial charge < -0.3 is 20.7 Å². The highest BCUT2D eigenvalue weighted by Gasteiger charge is 2.15. The lowest BCUT2D eigenvalue weighted by Gasteiger charge is -2.22. The minimum atomic E-state index is -0.154. The van der Waals surface area contributed by atoms with Crippen molar-refractivity contribution >= 4 is 23.2 Å². The molecule has 1 fully saturated rings. The van der Waals surface area contributed by atoms with E-state index in [0.717, 1.165) is 32.4 Å². The molecule has 0 unspecified atom stereocenters. The largest absolute Gasteiger partial charge is 0.495 e. The minimum Gasteiger partial charge on any atom is -0.495 e. The molecule has 3 N–H and O–H groups in total. The number of carbonyl (C=O) groups excluding carboxylic acids is 2. The van der Waals surface area contributed by atoms with E-state index in [1.807, 2.05) is 0 Å². The molecule has 0 spiro atoms. The summed E-state index contributed by atoms with van der Waals surface area (Å²) in [6.07, 6.45) is 3.67. The number of carbonyl (C=O) groups is 2. The van der Waals surface area contributed by atoms with Gasteiger partial charge in [0.05, 0.1) is 12.8 Å². The smallest absolute Gasteiger partial charge is 0.224 e. The number of hydrogen-bond donors (Lipinski definition) is 3. The maximum Gasteiger partial charge on any atom is 0.224 e. The molecule has 126 valence electrons. The van der Waals surface area contributed by atoms with Crippen LogP contribution >= 0.6 is 0 Å². The number of rotatable bonds is 6. The van der Waals surface area contributed by atoms with Gasteiger partial charge in [0.2, 0.25) is 11.8 Å². The Morgan fingerprint density at radius 1 is 1.26 bits per heavy atom. The summed E-state index contributed by atoms with van der Waals surface area (Å²) >= 11 is 0. The SMILES string of the molecule is COc1ccc(NC(C)=O)cc1NC(=O)CCC1CCNCC1. The van der Waals surface area contributed by atoms with E-state index in [-0.39, 0.29) is 11.8 Å². The normalized spacial score (nSPS) is 15.0. The molecular formula is C17H25N3O3. The van der Waals surface area contributed by atoms with Gasteiger partial charge in [-0.15, -0.1) is 0 Å². The predicted octanol–water partition coefficient (Wildman–Crippen LogP) is 2.37. The fraction of sp³-hybridized carbons (Fsp3) is 0.529. The number of ether oxygens (including phenoxy) is 1. The molecule has 6 nitrogen and oxygen atoms in total. The van der Waals surface area contributed by atoms with Crippen LogP contribution in [-0.4, -0.2) is 32.0 Å². The van der Waals surface area contributed by atoms with E-state index in [4.69, 9.17) is 4.74 Å². The molecule has 1 aliphatic rings. The van der Waals surface area contributed by atoms with Crippen molar-refractivity contribution in [3.63, 3.8) is 0 Å². The van der Waals surface area contributed by atoms with Crippen LogP contribution in [0.2, 0.25) is 0 Å². The van der Waals surface area contributed by atoms with E-state index in [0.29, 0.717) is 29.5 Å². The topological polar surface area (TPSA) is 79.5 Å². The molecule has 0 atom stereocenters. The highest BCUT2D eigenvalue weighted by molar-refractivity contribution is 5.94. The zero-order valence-corrected chi connectivity index (χ0v) is 13.8. The van der Waals surface area contributed by atoms with E-state index in [2.05, 4.69) is 16.0 Å². The molecule has 0 radical (unpaired) electrons. The third-order valence-electron chi connectivity index (χ3n) is 4.03. The maximum absolute atomic E-state index is 12.2. The summed E-state index contributed by atoms with van der Waals surface area (Å²) in [5.41, 5.74) is 1.21. The molecule has 6 heteroatoms. The van der Waals surface area contributed by atoms with Crippen LogP contribution in [0.4, 0.5) is 11.4 Å². The van der Waals surface area contributed by atoms with E-state index in [1.54, 1.807) is 25.3 Å². The number of hydrogen-bond acceptors (Lipinski definition) is 4. The van der Waals surface area contributed by atoms with Crippen molar-refractivity contribution < 1.29 is 14.3 Å². The monoisotopic (exact) mass is 319 g/mol. The molecule has 1 saturated heterocycles. The van der Waals surface area contributed by atoms with Crippen molar-refractivity contribution in [2.24, 2.45) is 5.92 Å². The Bertz CT molecular complexity index is 554. The molecule has 2 rings (SSSR count). The Kier molecular flexibility index (Phi) is 6.40. The number of anilines is 2. The van der Waals surface area contributed by atoms with Crippen molar-refractivity contribution in [2.75, 3.05) is 30.8 Å². The van der Waals surface area contributed by atoms with Gasteiger partial charge in [-0.25, -0.2) is 0 Å². The Morgan fingerprint density at radius 2 is 2.00 bits per heavy atom. The summed E-state index contributed by atoms with van der Waals surface area (Å²) in [4.78, 5) is 23.3. The van der Waals surface area contributed by atoms with E-state index in [1.165, 1.54) is 6.92 Å². The molecule has 0 aromatic heterocycles. The first-order valence-electron chi connectivity index (χ1n) is 8.04. The summed E-state index contributed by atoms with van der Waals surface area (Å²) in [5.74, 6) is 1.02. The van der Waals surface area contributed by atoms with E-state index >= 15 is 0 Å². The van der Waals surface area contributed by atoms with Crippen LogP contribution in [0.3, 0.4) is 0 Å². The van der Waals surface area contributed by atoms with Crippen molar-refractivity contribution in [3.05, 3.63) is 18.2 Å². The van der Waals surface area contributed by atoms with Crippen molar-refractivity contribution in [2.45, 2.75) is 32.6 Å². The van der Waals surface area contributed by atoms with E-state index in [9.17, 15) is 9.59 Å². The first kappa shape index (κ1) is 17.3. The lowest BCUT2D eigenvalue weighted by molar-refractivity contribution is -0.116. The zero-order chi connectivity index (χ0) is 16.7. The molecule has 1 heterocycles. The molecule has 1 aliphatic heterocycles. The molecule has 0 aliphatic carbocycles. The van der Waals surface area contributed by atoms with Gasteiger partial charge in [-0.1, -0.05) is 0 Å². The van der Waals surface area contributed by atoms with Gasteiger partial charge in [-0.3, -0.25) is 9.59 Å². The standard InChI is InChI=1S/C17H25N3O3/c1-12(21)19-14-4-5-16(23-2)15(11-14)20-17(22)6-3-13-7-9-18-10-8-13/h4-5,11,13,18H,3,6-10H2,1-2H3,(H,19,21)(H,20,22). The third kappa shape index (κ3) is 5.56. The van der Waals surface area contributed by atoms with Crippen LogP contribution in [0.15, 0.2) is 18.2 Å². The Balaban J connectivity index is 1.93. The van der Waals surface area contributed by atoms with Crippen LogP contribution in [-0.2, 0) is 9.59 Å². The van der Waals surface area contributed by atoms with Gasteiger partial charge >= 0.3 is 0 Å². The van der Waals surface area contributed by atoms with Crippen molar-refractivity contribution in [1.82, 2.24) is 5.32 Å². The average molecular weight is 319 g/mol. The molecule has 0 saturated carbocycles. The minimum absolute atomic E-state index is 0.0261. The van der Waals surface area contributed by atoms with Gasteiger partial charge in [0.1, 0.15) is 5.75 Å². The van der Waals surface area contributed by atoms with Crippen LogP contribution in [0.1, 0.15) is 32.6 Å². The maximum atomic E-state index is 12.2. The summed E-state index contributed by atoms with van der Waals surface area (Å²) in [7, 11) is 1.55. The molecular weight excluding hydrogens is 294 g/mol. The quantitative estimate of drug-likeness (QED) is 0.752. The molecule has 2 amide bonds. The number of piperidine rings is 1. The van der Waals surface area contributed by atoms with Gasteiger partial charge in [0.25, 0.3) is 0 Å². The second kappa shape index (κ2) is 8.53. The third-order valence-corrected chi connectivity index (χ3v) is 4.03. The van der Waals surface area contributed by atoms with Crippen molar-refractivity contribution in [1.29, 1.82) is 0 Å². The average Bonchev–Trinajstić information content (AvgIpc) is 2.54. The first-order chi connectivity index (χ1) is 11.1. The highest BCUT2D eigenvalue weighted by atomic mass is 16.5. The predicted molar refractivity (Wildman–Crippen MR) is 90.8 cm³/mol. The first-order valence-corrected chi connectivity index (χ1v) is 8.04. The number of benzene rings is 1. The number of methoxy groups -OCH3 is 1. The second-order valence-electron chi connectivity index (χ2n) is 5.88. The second-order valence-corrected chi connectivity index (χ2v) is 5.88. The highest BCUT2D eigenvalue weighted by Crippen LogP contribution is 2.28. The lowest BCUT2D eigenvalue weighted by atomic mass is 9.93. The van der Waals surface area contributed by atoms with Gasteiger partial charge in [0, 0.05) is 19.0 Å². The Labute approximate surface area is 137 Å². The molecule has 0 bridgehead atoms. The van der Waals surface area contributed by atoms with Crippen LogP contribution in [0.25, 0.3) is 0 Å². The van der Waals surface area contributed by atoms with Gasteiger partial charge in [-0.05, 0) is 56.5 Å². The fourth-order valence-corrected chi connectivity index (χ4v) is 2.80. The fourth-order valence-electron chi connectivity index (χ4n) is 2.80. The summed E-state index contributed by atoms with van der Waals surface area (Å²) < 4.78 is 5.26. The van der Waals surface area contributed by atoms with Gasteiger partial charge in [-0.2, -0.15) is 0 Å². The molecule has 23 heavy (non-hydrogen) atoms. The van der Waals surface area contributed by atoms with Crippen LogP contribution in [0, 0.1) is 5.92 Å². The molecule has 1 aromatic carbocycles. The lowest BCUT2D eigenvalue weighted by Crippen LogP contribution is -2.28. The zero-order valence-electron chi connectivity index (χ0n) is 13.8. The number of nitrogens with one attached hydrogen (secondary N) is 3. The van der Waals surface area contributed by atoms with Crippen LogP contribution < -0.4 is 20.7 Å². The van der Waals surface area contributed by atoms with E-state index < -0.39 is 0 Å². The summed E-state index contributed by atoms with van der Waals surface area (Å²) in [6, 6.07) is 5.18. The Hall–Kier alpha value is -2.08. The Morgan fingerprint density at radius 3 is 2.65 bits per heavy atom. The summed E-state index contributed by atoms with van der Waals surface area (Å²) in [5, 5.41) is 8.91. The number of amides is 2. The van der Waals surface area contributed by atoms with Gasteiger partial charge in [0.15, 0.2) is 0 Å².